The van der Waals surface area contributed by atoms with Crippen molar-refractivity contribution in [2.24, 2.45) is 0 Å². The lowest BCUT2D eigenvalue weighted by Gasteiger charge is -2.45. The fraction of sp³-hybridized carbons (Fsp3) is 0.464. The first-order chi connectivity index (χ1) is 17.6. The van der Waals surface area contributed by atoms with Gasteiger partial charge in [0.1, 0.15) is 0 Å². The van der Waals surface area contributed by atoms with Gasteiger partial charge in [0.25, 0.3) is 5.91 Å². The van der Waals surface area contributed by atoms with Gasteiger partial charge < -0.3 is 0 Å². The highest BCUT2D eigenvalue weighted by Crippen LogP contribution is 2.29. The Labute approximate surface area is 216 Å². The molecule has 2 aliphatic heterocycles. The van der Waals surface area contributed by atoms with Crippen LogP contribution in [0.2, 0.25) is 0 Å². The number of alkyl halides is 3. The van der Waals surface area contributed by atoms with E-state index in [0.717, 1.165) is 42.9 Å². The Balaban J connectivity index is 1.39. The maximum atomic E-state index is 12.8. The largest absolute Gasteiger partial charge is 0.401 e. The minimum atomic E-state index is -4.17. The van der Waals surface area contributed by atoms with Crippen LogP contribution in [0.25, 0.3) is 5.57 Å². The summed E-state index contributed by atoms with van der Waals surface area (Å²) in [5.74, 6) is -0.523. The summed E-state index contributed by atoms with van der Waals surface area (Å²) in [7, 11) is 0. The molecule has 2 aliphatic rings. The average Bonchev–Trinajstić information content (AvgIpc) is 2.86. The first-order valence-electron chi connectivity index (χ1n) is 12.7. The lowest BCUT2D eigenvalue weighted by Crippen LogP contribution is -2.55. The van der Waals surface area contributed by atoms with Crippen molar-refractivity contribution in [1.82, 2.24) is 20.2 Å². The Bertz CT molecular complexity index is 1090. The second-order valence-corrected chi connectivity index (χ2v) is 10.2. The molecule has 1 saturated heterocycles. The van der Waals surface area contributed by atoms with Gasteiger partial charge in [-0.05, 0) is 54.7 Å². The number of nitrogens with zero attached hydrogens (tertiary/aromatic N) is 3. The number of carbonyl (C=O) groups excluding carboxylic acids is 1. The maximum absolute atomic E-state index is 12.8. The number of hydrogen-bond donors (Lipinski definition) is 2. The Morgan fingerprint density at radius 2 is 1.68 bits per heavy atom. The zero-order valence-electron chi connectivity index (χ0n) is 21.3. The molecule has 200 valence electrons. The van der Waals surface area contributed by atoms with Gasteiger partial charge in [0.2, 0.25) is 0 Å². The van der Waals surface area contributed by atoms with Crippen molar-refractivity contribution in [2.75, 3.05) is 32.7 Å². The van der Waals surface area contributed by atoms with E-state index in [1.165, 1.54) is 10.5 Å². The summed E-state index contributed by atoms with van der Waals surface area (Å²) in [6.07, 6.45) is -1.60. The third-order valence-corrected chi connectivity index (χ3v) is 7.31. The van der Waals surface area contributed by atoms with Gasteiger partial charge >= 0.3 is 6.18 Å². The van der Waals surface area contributed by atoms with Crippen LogP contribution in [0.3, 0.4) is 0 Å². The summed E-state index contributed by atoms with van der Waals surface area (Å²) in [6.45, 7) is 7.71. The molecule has 2 heterocycles. The highest BCUT2D eigenvalue weighted by atomic mass is 19.4. The van der Waals surface area contributed by atoms with Gasteiger partial charge in [-0.3, -0.25) is 24.7 Å². The third kappa shape index (κ3) is 7.19. The SMILES string of the molecule is C[C@@H]1CN(Cc2ccc(C(=O)NO)cc2)C[C@H](C)N1Cc1ccccc1C1=CCN(CC(F)(F)F)CC1. The van der Waals surface area contributed by atoms with Crippen LogP contribution in [0, 0.1) is 0 Å². The quantitative estimate of drug-likeness (QED) is 0.418. The second kappa shape index (κ2) is 11.8. The molecule has 2 N–H and O–H groups in total. The van der Waals surface area contributed by atoms with E-state index in [1.807, 2.05) is 30.3 Å². The Morgan fingerprint density at radius 1 is 1.00 bits per heavy atom. The number of piperazine rings is 1. The van der Waals surface area contributed by atoms with E-state index in [4.69, 9.17) is 5.21 Å². The smallest absolute Gasteiger partial charge is 0.296 e. The number of rotatable bonds is 7. The molecule has 4 rings (SSSR count). The van der Waals surface area contributed by atoms with Crippen LogP contribution in [0.15, 0.2) is 54.6 Å². The molecule has 0 aromatic heterocycles. The summed E-state index contributed by atoms with van der Waals surface area (Å²) >= 11 is 0. The van der Waals surface area contributed by atoms with Crippen LogP contribution in [0.1, 0.15) is 47.3 Å². The Kier molecular flexibility index (Phi) is 8.69. The zero-order valence-corrected chi connectivity index (χ0v) is 21.3. The van der Waals surface area contributed by atoms with E-state index < -0.39 is 18.6 Å². The van der Waals surface area contributed by atoms with Crippen LogP contribution in [-0.4, -0.2) is 76.8 Å². The molecule has 0 unspecified atom stereocenters. The van der Waals surface area contributed by atoms with E-state index in [2.05, 4.69) is 35.8 Å². The van der Waals surface area contributed by atoms with Crippen molar-refractivity contribution >= 4 is 11.5 Å². The molecule has 9 heteroatoms. The molecule has 0 saturated carbocycles. The molecule has 0 spiro atoms. The highest BCUT2D eigenvalue weighted by Gasteiger charge is 2.32. The second-order valence-electron chi connectivity index (χ2n) is 10.2. The average molecular weight is 517 g/mol. The Morgan fingerprint density at radius 3 is 2.27 bits per heavy atom. The van der Waals surface area contributed by atoms with Gasteiger partial charge in [-0.1, -0.05) is 42.5 Å². The van der Waals surface area contributed by atoms with E-state index in [0.29, 0.717) is 37.2 Å². The molecule has 1 fully saturated rings. The standard InChI is InChI=1S/C28H35F3N4O2/c1-20-15-34(17-22-7-9-24(10-8-22)27(36)32-37)16-21(2)35(20)18-25-5-3-4-6-26(25)23-11-13-33(14-12-23)19-28(29,30)31/h3-11,20-21,37H,12-19H2,1-2H3,(H,32,36)/t20-,21+. The van der Waals surface area contributed by atoms with Crippen molar-refractivity contribution in [3.05, 3.63) is 76.9 Å². The summed E-state index contributed by atoms with van der Waals surface area (Å²) in [5.41, 5.74) is 6.66. The number of hydroxylamine groups is 1. The first kappa shape index (κ1) is 27.3. The molecule has 0 radical (unpaired) electrons. The van der Waals surface area contributed by atoms with Crippen LogP contribution in [0.5, 0.6) is 0 Å². The molecule has 6 nitrogen and oxygen atoms in total. The number of hydrogen-bond acceptors (Lipinski definition) is 5. The number of carbonyl (C=O) groups is 1. The first-order valence-corrected chi connectivity index (χ1v) is 12.7. The molecule has 0 bridgehead atoms. The van der Waals surface area contributed by atoms with E-state index in [-0.39, 0.29) is 0 Å². The van der Waals surface area contributed by atoms with Gasteiger partial charge in [-0.25, -0.2) is 5.48 Å². The monoisotopic (exact) mass is 516 g/mol. The summed E-state index contributed by atoms with van der Waals surface area (Å²) in [5, 5.41) is 8.79. The minimum absolute atomic E-state index is 0.318. The topological polar surface area (TPSA) is 59.1 Å². The maximum Gasteiger partial charge on any atom is 0.401 e. The van der Waals surface area contributed by atoms with Gasteiger partial charge in [0.05, 0.1) is 6.54 Å². The molecule has 2 aromatic rings. The van der Waals surface area contributed by atoms with Crippen LogP contribution < -0.4 is 5.48 Å². The van der Waals surface area contributed by atoms with Crippen LogP contribution in [-0.2, 0) is 13.1 Å². The Hall–Kier alpha value is -2.72. The summed E-state index contributed by atoms with van der Waals surface area (Å²) < 4.78 is 38.3. The predicted molar refractivity (Wildman–Crippen MR) is 137 cm³/mol. The third-order valence-electron chi connectivity index (χ3n) is 7.31. The van der Waals surface area contributed by atoms with Crippen LogP contribution in [0.4, 0.5) is 13.2 Å². The van der Waals surface area contributed by atoms with Crippen molar-refractivity contribution in [3.63, 3.8) is 0 Å². The molecule has 0 aliphatic carbocycles. The summed E-state index contributed by atoms with van der Waals surface area (Å²) in [6, 6.07) is 16.1. The zero-order chi connectivity index (χ0) is 26.6. The minimum Gasteiger partial charge on any atom is -0.296 e. The molecular formula is C28H35F3N4O2. The van der Waals surface area contributed by atoms with Crippen molar-refractivity contribution in [1.29, 1.82) is 0 Å². The lowest BCUT2D eigenvalue weighted by atomic mass is 9.93. The highest BCUT2D eigenvalue weighted by molar-refractivity contribution is 5.93. The van der Waals surface area contributed by atoms with E-state index in [1.54, 1.807) is 17.6 Å². The lowest BCUT2D eigenvalue weighted by molar-refractivity contribution is -0.144. The molecule has 2 aromatic carbocycles. The normalized spacial score (nSPS) is 22.1. The van der Waals surface area contributed by atoms with Crippen molar-refractivity contribution in [2.45, 2.75) is 51.6 Å². The van der Waals surface area contributed by atoms with E-state index >= 15 is 0 Å². The number of benzene rings is 2. The van der Waals surface area contributed by atoms with Crippen LogP contribution >= 0.6 is 0 Å². The van der Waals surface area contributed by atoms with Gasteiger partial charge in [-0.15, -0.1) is 0 Å². The fourth-order valence-corrected chi connectivity index (χ4v) is 5.51. The number of halogens is 3. The number of amides is 1. The van der Waals surface area contributed by atoms with Gasteiger partial charge in [0, 0.05) is 56.9 Å². The fourth-order valence-electron chi connectivity index (χ4n) is 5.51. The van der Waals surface area contributed by atoms with Gasteiger partial charge in [0.15, 0.2) is 0 Å². The molecule has 2 atom stereocenters. The van der Waals surface area contributed by atoms with Crippen molar-refractivity contribution in [3.8, 4) is 0 Å². The van der Waals surface area contributed by atoms with Gasteiger partial charge in [-0.2, -0.15) is 13.2 Å². The predicted octanol–water partition coefficient (Wildman–Crippen LogP) is 4.55. The molecule has 1 amide bonds. The molecular weight excluding hydrogens is 481 g/mol. The molecule has 37 heavy (non-hydrogen) atoms. The van der Waals surface area contributed by atoms with E-state index in [9.17, 15) is 18.0 Å². The summed E-state index contributed by atoms with van der Waals surface area (Å²) in [4.78, 5) is 17.9. The van der Waals surface area contributed by atoms with Crippen molar-refractivity contribution < 1.29 is 23.2 Å². The number of nitrogens with one attached hydrogen (secondary N) is 1.